The van der Waals surface area contributed by atoms with E-state index in [1.165, 1.54) is 4.90 Å². The van der Waals surface area contributed by atoms with Crippen LogP contribution in [0.5, 0.6) is 5.75 Å². The van der Waals surface area contributed by atoms with E-state index in [4.69, 9.17) is 9.47 Å². The number of likely N-dealkylation sites (tertiary alicyclic amines) is 1. The number of hydrogen-bond donors (Lipinski definition) is 2. The molecule has 1 aromatic rings. The smallest absolute Gasteiger partial charge is 0.309 e. The minimum absolute atomic E-state index is 0.0272. The van der Waals surface area contributed by atoms with Crippen LogP contribution < -0.4 is 9.64 Å². The number of carbonyl (C=O) groups excluding carboxylic acids is 1. The number of aliphatic hydroxyl groups excluding tert-OH is 1. The fourth-order valence-corrected chi connectivity index (χ4v) is 3.02. The number of piperidine rings is 1. The van der Waals surface area contributed by atoms with Crippen LogP contribution in [0.3, 0.4) is 0 Å². The predicted octanol–water partition coefficient (Wildman–Crippen LogP) is 0.593. The molecule has 128 valence electrons. The van der Waals surface area contributed by atoms with E-state index in [-0.39, 0.29) is 11.9 Å². The zero-order valence-electron chi connectivity index (χ0n) is 14.1. The van der Waals surface area contributed by atoms with Crippen LogP contribution in [0.2, 0.25) is 0 Å². The van der Waals surface area contributed by atoms with Gasteiger partial charge in [0.15, 0.2) is 0 Å². The zero-order chi connectivity index (χ0) is 16.7. The van der Waals surface area contributed by atoms with Crippen molar-refractivity contribution in [2.24, 2.45) is 5.92 Å². The summed E-state index contributed by atoms with van der Waals surface area (Å²) in [4.78, 5) is 13.0. The molecule has 0 aromatic heterocycles. The van der Waals surface area contributed by atoms with Gasteiger partial charge < -0.3 is 19.5 Å². The second kappa shape index (κ2) is 8.89. The Morgan fingerprint density at radius 1 is 1.39 bits per heavy atom. The van der Waals surface area contributed by atoms with Crippen molar-refractivity contribution in [1.29, 1.82) is 0 Å². The highest BCUT2D eigenvalue weighted by molar-refractivity contribution is 5.72. The first-order valence-corrected chi connectivity index (χ1v) is 8.46. The summed E-state index contributed by atoms with van der Waals surface area (Å²) < 4.78 is 10.7. The molecule has 1 aliphatic rings. The maximum Gasteiger partial charge on any atom is 0.309 e. The number of hydrogen-bond acceptors (Lipinski definition) is 4. The van der Waals surface area contributed by atoms with Gasteiger partial charge in [0.2, 0.25) is 0 Å². The molecule has 0 unspecified atom stereocenters. The maximum atomic E-state index is 11.7. The Morgan fingerprint density at radius 3 is 2.78 bits per heavy atom. The largest absolute Gasteiger partial charge is 0.491 e. The molecule has 5 nitrogen and oxygen atoms in total. The quantitative estimate of drug-likeness (QED) is 0.722. The van der Waals surface area contributed by atoms with Crippen LogP contribution in [-0.2, 0) is 9.53 Å². The fourth-order valence-electron chi connectivity index (χ4n) is 3.02. The zero-order valence-corrected chi connectivity index (χ0v) is 14.1. The molecule has 1 heterocycles. The van der Waals surface area contributed by atoms with Crippen molar-refractivity contribution in [2.45, 2.75) is 32.8 Å². The van der Waals surface area contributed by atoms with E-state index in [0.29, 0.717) is 19.8 Å². The van der Waals surface area contributed by atoms with E-state index >= 15 is 0 Å². The summed E-state index contributed by atoms with van der Waals surface area (Å²) in [7, 11) is 0. The number of esters is 1. The topological polar surface area (TPSA) is 60.2 Å². The molecule has 2 rings (SSSR count). The van der Waals surface area contributed by atoms with Gasteiger partial charge in [-0.1, -0.05) is 12.1 Å². The van der Waals surface area contributed by atoms with Gasteiger partial charge in [-0.3, -0.25) is 4.79 Å². The van der Waals surface area contributed by atoms with Crippen molar-refractivity contribution in [3.63, 3.8) is 0 Å². The van der Waals surface area contributed by atoms with Gasteiger partial charge in [0.25, 0.3) is 0 Å². The average Bonchev–Trinajstić information content (AvgIpc) is 2.54. The van der Waals surface area contributed by atoms with Crippen LogP contribution in [0.1, 0.15) is 25.3 Å². The Morgan fingerprint density at radius 2 is 2.13 bits per heavy atom. The van der Waals surface area contributed by atoms with E-state index in [1.807, 2.05) is 38.1 Å². The molecule has 0 bridgehead atoms. The highest BCUT2D eigenvalue weighted by atomic mass is 16.5. The Kier molecular flexibility index (Phi) is 6.86. The summed E-state index contributed by atoms with van der Waals surface area (Å²) in [5.74, 6) is 0.745. The molecule has 0 radical (unpaired) electrons. The van der Waals surface area contributed by atoms with E-state index in [0.717, 1.165) is 37.2 Å². The van der Waals surface area contributed by atoms with Crippen molar-refractivity contribution in [1.82, 2.24) is 0 Å². The molecule has 0 amide bonds. The summed E-state index contributed by atoms with van der Waals surface area (Å²) in [5, 5.41) is 10.2. The molecule has 1 fully saturated rings. The van der Waals surface area contributed by atoms with Crippen molar-refractivity contribution >= 4 is 5.97 Å². The molecule has 5 heteroatoms. The van der Waals surface area contributed by atoms with Gasteiger partial charge in [0.05, 0.1) is 25.6 Å². The number of aryl methyl sites for hydroxylation is 1. The van der Waals surface area contributed by atoms with E-state index < -0.39 is 6.10 Å². The van der Waals surface area contributed by atoms with Crippen molar-refractivity contribution < 1.29 is 24.3 Å². The number of nitrogens with one attached hydrogen (secondary N) is 1. The van der Waals surface area contributed by atoms with Crippen LogP contribution in [0.15, 0.2) is 24.3 Å². The van der Waals surface area contributed by atoms with Gasteiger partial charge in [0, 0.05) is 12.8 Å². The summed E-state index contributed by atoms with van der Waals surface area (Å²) in [5.41, 5.74) is 1.14. The highest BCUT2D eigenvalue weighted by Gasteiger charge is 2.29. The second-order valence-electron chi connectivity index (χ2n) is 6.26. The molecular weight excluding hydrogens is 294 g/mol. The first-order valence-electron chi connectivity index (χ1n) is 8.46. The minimum Gasteiger partial charge on any atom is -0.491 e. The molecule has 0 aliphatic carbocycles. The summed E-state index contributed by atoms with van der Waals surface area (Å²) in [6.07, 6.45) is 1.17. The van der Waals surface area contributed by atoms with Crippen LogP contribution in [0.25, 0.3) is 0 Å². The van der Waals surface area contributed by atoms with Gasteiger partial charge >= 0.3 is 5.97 Å². The second-order valence-corrected chi connectivity index (χ2v) is 6.26. The normalized spacial score (nSPS) is 22.4. The van der Waals surface area contributed by atoms with E-state index in [1.54, 1.807) is 0 Å². The Labute approximate surface area is 138 Å². The van der Waals surface area contributed by atoms with Crippen molar-refractivity contribution in [3.8, 4) is 5.75 Å². The lowest BCUT2D eigenvalue weighted by atomic mass is 9.97. The van der Waals surface area contributed by atoms with Gasteiger partial charge in [-0.15, -0.1) is 0 Å². The van der Waals surface area contributed by atoms with Gasteiger partial charge in [-0.05, 0) is 31.5 Å². The van der Waals surface area contributed by atoms with Gasteiger partial charge in [-0.25, -0.2) is 0 Å². The number of quaternary nitrogens is 1. The predicted molar refractivity (Wildman–Crippen MR) is 87.6 cm³/mol. The minimum atomic E-state index is -0.496. The van der Waals surface area contributed by atoms with E-state index in [2.05, 4.69) is 0 Å². The Bertz CT molecular complexity index is 498. The number of rotatable bonds is 7. The lowest BCUT2D eigenvalue weighted by Gasteiger charge is -2.29. The van der Waals surface area contributed by atoms with Crippen LogP contribution >= 0.6 is 0 Å². The number of aliphatic hydroxyl groups is 1. The molecule has 1 saturated heterocycles. The van der Waals surface area contributed by atoms with E-state index in [9.17, 15) is 9.90 Å². The lowest BCUT2D eigenvalue weighted by molar-refractivity contribution is -0.908. The SMILES string of the molecule is CCOC(=O)C1CC[NH+](C[C@@H](O)COc2cccc(C)c2)CC1. The molecular formula is C18H28NO4+. The lowest BCUT2D eigenvalue weighted by Crippen LogP contribution is -3.14. The molecule has 2 N–H and O–H groups in total. The summed E-state index contributed by atoms with van der Waals surface area (Å²) in [6.45, 7) is 7.04. The molecule has 1 aromatic carbocycles. The maximum absolute atomic E-state index is 11.7. The summed E-state index contributed by atoms with van der Waals surface area (Å²) >= 11 is 0. The third-order valence-corrected chi connectivity index (χ3v) is 4.27. The fraction of sp³-hybridized carbons (Fsp3) is 0.611. The number of benzene rings is 1. The first-order chi connectivity index (χ1) is 11.1. The standard InChI is InChI=1S/C18H27NO4/c1-3-22-18(21)15-7-9-19(10-8-15)12-16(20)13-23-17-6-4-5-14(2)11-17/h4-6,11,15-16,20H,3,7-10,12-13H2,1-2H3/p+1/t16-/m1/s1. The van der Waals surface area contributed by atoms with Crippen LogP contribution in [0, 0.1) is 12.8 Å². The molecule has 1 aliphatic heterocycles. The molecule has 0 saturated carbocycles. The molecule has 23 heavy (non-hydrogen) atoms. The first kappa shape index (κ1) is 17.8. The number of carbonyl (C=O) groups is 1. The Hall–Kier alpha value is -1.59. The molecule has 1 atom stereocenters. The van der Waals surface area contributed by atoms with Crippen molar-refractivity contribution in [2.75, 3.05) is 32.8 Å². The summed E-state index contributed by atoms with van der Waals surface area (Å²) in [6, 6.07) is 7.82. The molecule has 0 spiro atoms. The average molecular weight is 322 g/mol. The van der Waals surface area contributed by atoms with Crippen molar-refractivity contribution in [3.05, 3.63) is 29.8 Å². The third-order valence-electron chi connectivity index (χ3n) is 4.27. The van der Waals surface area contributed by atoms with Gasteiger partial charge in [0.1, 0.15) is 25.0 Å². The number of ether oxygens (including phenoxy) is 2. The Balaban J connectivity index is 1.68. The highest BCUT2D eigenvalue weighted by Crippen LogP contribution is 2.13. The van der Waals surface area contributed by atoms with Gasteiger partial charge in [-0.2, -0.15) is 0 Å². The van der Waals surface area contributed by atoms with Crippen LogP contribution in [0.4, 0.5) is 0 Å². The van der Waals surface area contributed by atoms with Crippen LogP contribution in [-0.4, -0.2) is 50.0 Å². The monoisotopic (exact) mass is 322 g/mol. The third kappa shape index (κ3) is 5.84.